The van der Waals surface area contributed by atoms with Crippen LogP contribution in [-0.2, 0) is 14.3 Å². The average Bonchev–Trinajstić information content (AvgIpc) is 3.23. The van der Waals surface area contributed by atoms with E-state index in [4.69, 9.17) is 25.9 Å². The van der Waals surface area contributed by atoms with Gasteiger partial charge in [0.05, 0.1) is 18.4 Å². The lowest BCUT2D eigenvalue weighted by Gasteiger charge is -2.30. The number of hydroxylamine groups is 2. The summed E-state index contributed by atoms with van der Waals surface area (Å²) in [6.45, 7) is 10.3. The topological polar surface area (TPSA) is 109 Å². The summed E-state index contributed by atoms with van der Waals surface area (Å²) in [4.78, 5) is 42.7. The third-order valence-corrected chi connectivity index (χ3v) is 4.42. The highest BCUT2D eigenvalue weighted by molar-refractivity contribution is 6.33. The van der Waals surface area contributed by atoms with Crippen LogP contribution in [0.15, 0.2) is 24.8 Å². The molecule has 31 heavy (non-hydrogen) atoms. The molecule has 2 aromatic rings. The maximum atomic E-state index is 12.8. The molecular formula is C20H26ClN5O5. The number of halogens is 1. The lowest BCUT2D eigenvalue weighted by molar-refractivity contribution is -0.148. The molecule has 0 aromatic carbocycles. The predicted molar refractivity (Wildman–Crippen MR) is 112 cm³/mol. The van der Waals surface area contributed by atoms with Crippen molar-refractivity contribution in [2.75, 3.05) is 0 Å². The Morgan fingerprint density at radius 2 is 1.74 bits per heavy atom. The van der Waals surface area contributed by atoms with Crippen LogP contribution in [0.2, 0.25) is 5.15 Å². The fraction of sp³-hybridized carbons (Fsp3) is 0.550. The van der Waals surface area contributed by atoms with Crippen LogP contribution in [0.4, 0.5) is 9.59 Å². The van der Waals surface area contributed by atoms with Crippen molar-refractivity contribution < 1.29 is 23.9 Å². The molecule has 0 spiro atoms. The summed E-state index contributed by atoms with van der Waals surface area (Å²) >= 11 is 6.08. The summed E-state index contributed by atoms with van der Waals surface area (Å²) in [5.41, 5.74) is -0.510. The van der Waals surface area contributed by atoms with Gasteiger partial charge >= 0.3 is 12.2 Å². The van der Waals surface area contributed by atoms with E-state index in [1.54, 1.807) is 53.9 Å². The van der Waals surface area contributed by atoms with E-state index in [-0.39, 0.29) is 11.2 Å². The first-order valence-corrected chi connectivity index (χ1v) is 10.2. The van der Waals surface area contributed by atoms with E-state index >= 15 is 0 Å². The zero-order valence-electron chi connectivity index (χ0n) is 18.3. The number of allylic oxidation sites excluding steroid dienone is 1. The van der Waals surface area contributed by atoms with Gasteiger partial charge in [-0.15, -0.1) is 5.06 Å². The van der Waals surface area contributed by atoms with E-state index in [0.717, 1.165) is 5.06 Å². The molecule has 0 N–H and O–H groups in total. The Kier molecular flexibility index (Phi) is 6.13. The van der Waals surface area contributed by atoms with Crippen LogP contribution in [0.5, 0.6) is 0 Å². The van der Waals surface area contributed by atoms with Crippen molar-refractivity contribution >= 4 is 35.0 Å². The van der Waals surface area contributed by atoms with Crippen LogP contribution >= 0.6 is 11.6 Å². The Balaban J connectivity index is 1.81. The molecule has 1 amide bonds. The van der Waals surface area contributed by atoms with Crippen LogP contribution < -0.4 is 0 Å². The minimum Gasteiger partial charge on any atom is -0.442 e. The molecule has 1 aliphatic rings. The highest BCUT2D eigenvalue weighted by Gasteiger charge is 2.36. The Morgan fingerprint density at radius 1 is 1.06 bits per heavy atom. The van der Waals surface area contributed by atoms with Crippen LogP contribution in [0.25, 0.3) is 11.2 Å². The van der Waals surface area contributed by atoms with Crippen LogP contribution in [0.1, 0.15) is 54.0 Å². The second-order valence-electron chi connectivity index (χ2n) is 9.11. The number of carbonyl (C=O) groups is 2. The number of carbonyl (C=O) groups excluding carboxylic acids is 2. The zero-order valence-corrected chi connectivity index (χ0v) is 19.1. The molecule has 1 aliphatic carbocycles. The molecule has 3 rings (SSSR count). The molecule has 10 nitrogen and oxygen atoms in total. The number of rotatable bonds is 2. The third kappa shape index (κ3) is 5.63. The summed E-state index contributed by atoms with van der Waals surface area (Å²) in [7, 11) is 0. The summed E-state index contributed by atoms with van der Waals surface area (Å²) in [6.07, 6.45) is 5.20. The number of amides is 1. The molecule has 0 fully saturated rings. The minimum absolute atomic E-state index is 0.201. The average molecular weight is 452 g/mol. The molecule has 0 saturated carbocycles. The molecule has 2 aromatic heterocycles. The Labute approximate surface area is 185 Å². The number of aromatic nitrogens is 4. The first-order valence-electron chi connectivity index (χ1n) is 9.78. The molecule has 11 heteroatoms. The van der Waals surface area contributed by atoms with E-state index in [0.29, 0.717) is 17.6 Å². The highest BCUT2D eigenvalue weighted by Crippen LogP contribution is 2.31. The van der Waals surface area contributed by atoms with Gasteiger partial charge in [0.1, 0.15) is 23.0 Å². The first kappa shape index (κ1) is 22.8. The molecule has 2 heterocycles. The normalized spacial score (nSPS) is 18.8. The van der Waals surface area contributed by atoms with Crippen LogP contribution in [-0.4, -0.2) is 54.1 Å². The zero-order chi connectivity index (χ0) is 23.0. The summed E-state index contributed by atoms with van der Waals surface area (Å²) in [5.74, 6) is 0. The molecular weight excluding hydrogens is 426 g/mol. The van der Waals surface area contributed by atoms with Crippen LogP contribution in [0.3, 0.4) is 0 Å². The van der Waals surface area contributed by atoms with Gasteiger partial charge in [0.15, 0.2) is 10.8 Å². The second-order valence-corrected chi connectivity index (χ2v) is 9.46. The van der Waals surface area contributed by atoms with Crippen LogP contribution in [0, 0.1) is 0 Å². The maximum absolute atomic E-state index is 12.8. The van der Waals surface area contributed by atoms with Crippen molar-refractivity contribution in [1.82, 2.24) is 24.6 Å². The Bertz CT molecular complexity index is 1010. The lowest BCUT2D eigenvalue weighted by Crippen LogP contribution is -2.44. The van der Waals surface area contributed by atoms with Crippen molar-refractivity contribution in [3.8, 4) is 0 Å². The van der Waals surface area contributed by atoms with Gasteiger partial charge < -0.3 is 14.0 Å². The van der Waals surface area contributed by atoms with E-state index in [9.17, 15) is 9.59 Å². The summed E-state index contributed by atoms with van der Waals surface area (Å²) < 4.78 is 12.4. The molecule has 1 unspecified atom stereocenters. The van der Waals surface area contributed by atoms with E-state index in [2.05, 4.69) is 15.0 Å². The molecule has 168 valence electrons. The van der Waals surface area contributed by atoms with Crippen molar-refractivity contribution in [1.29, 1.82) is 0 Å². The lowest BCUT2D eigenvalue weighted by atomic mass is 10.2. The monoisotopic (exact) mass is 451 g/mol. The predicted octanol–water partition coefficient (Wildman–Crippen LogP) is 4.45. The number of ether oxygens (including phenoxy) is 2. The van der Waals surface area contributed by atoms with Gasteiger partial charge in [-0.25, -0.2) is 24.5 Å². The van der Waals surface area contributed by atoms with E-state index in [1.165, 1.54) is 6.33 Å². The molecule has 0 saturated heterocycles. The fourth-order valence-corrected chi connectivity index (χ4v) is 3.18. The van der Waals surface area contributed by atoms with Gasteiger partial charge in [0, 0.05) is 0 Å². The fourth-order valence-electron chi connectivity index (χ4n) is 3.00. The molecule has 2 atom stereocenters. The Morgan fingerprint density at radius 3 is 2.39 bits per heavy atom. The standard InChI is InChI=1S/C20H26ClN5O5/c1-19(2,3)29-17(27)26(31-18(28)30-20(4,5)6)13-8-7-12(9-13)25-11-24-14-15(21)22-10-23-16(14)25/h7-8,10-13H,9H2,1-6H3/t12?,13-/m1/s1. The van der Waals surface area contributed by atoms with Crippen molar-refractivity contribution in [2.24, 2.45) is 0 Å². The van der Waals surface area contributed by atoms with E-state index < -0.39 is 29.5 Å². The molecule has 0 bridgehead atoms. The smallest absolute Gasteiger partial charge is 0.442 e. The summed E-state index contributed by atoms with van der Waals surface area (Å²) in [5, 5.41) is 1.16. The van der Waals surface area contributed by atoms with Gasteiger partial charge in [0.2, 0.25) is 0 Å². The number of imidazole rings is 1. The van der Waals surface area contributed by atoms with Gasteiger partial charge in [-0.05, 0) is 48.0 Å². The quantitative estimate of drug-likeness (QED) is 0.285. The minimum atomic E-state index is -0.997. The van der Waals surface area contributed by atoms with Crippen molar-refractivity contribution in [3.05, 3.63) is 30.0 Å². The van der Waals surface area contributed by atoms with Gasteiger partial charge in [-0.3, -0.25) is 4.84 Å². The van der Waals surface area contributed by atoms with Gasteiger partial charge in [-0.1, -0.05) is 23.8 Å². The van der Waals surface area contributed by atoms with E-state index in [1.807, 2.05) is 10.6 Å². The summed E-state index contributed by atoms with van der Waals surface area (Å²) in [6, 6.07) is -0.782. The highest BCUT2D eigenvalue weighted by atomic mass is 35.5. The second kappa shape index (κ2) is 8.33. The number of hydrogen-bond donors (Lipinski definition) is 0. The third-order valence-electron chi connectivity index (χ3n) is 4.15. The molecule has 0 radical (unpaired) electrons. The van der Waals surface area contributed by atoms with Gasteiger partial charge in [0.25, 0.3) is 0 Å². The number of hydrogen-bond acceptors (Lipinski definition) is 8. The maximum Gasteiger partial charge on any atom is 0.534 e. The Hall–Kier alpha value is -2.88. The van der Waals surface area contributed by atoms with Crippen molar-refractivity contribution in [3.63, 3.8) is 0 Å². The number of nitrogens with zero attached hydrogens (tertiary/aromatic N) is 5. The SMILES string of the molecule is CC(C)(C)OC(=O)ON(C(=O)OC(C)(C)C)[C@@H]1C=CC(n2cnc3c(Cl)ncnc32)C1. The largest absolute Gasteiger partial charge is 0.534 e. The van der Waals surface area contributed by atoms with Crippen molar-refractivity contribution in [2.45, 2.75) is 71.2 Å². The molecule has 0 aliphatic heterocycles. The first-order chi connectivity index (χ1) is 14.3. The number of fused-ring (bicyclic) bond motifs is 1. The van der Waals surface area contributed by atoms with Gasteiger partial charge in [-0.2, -0.15) is 0 Å².